The number of para-hydroxylation sites is 1. The number of benzene rings is 2. The van der Waals surface area contributed by atoms with Crippen LogP contribution in [0, 0.1) is 0 Å². The lowest BCUT2D eigenvalue weighted by Gasteiger charge is -2.31. The molecule has 0 aromatic heterocycles. The van der Waals surface area contributed by atoms with Gasteiger partial charge in [-0.25, -0.2) is 0 Å². The number of hydrogen-bond acceptors (Lipinski definition) is 3. The van der Waals surface area contributed by atoms with E-state index < -0.39 is 11.6 Å². The molecule has 1 atom stereocenters. The van der Waals surface area contributed by atoms with Gasteiger partial charge in [-0.15, -0.1) is 0 Å². The first kappa shape index (κ1) is 23.0. The highest BCUT2D eigenvalue weighted by Crippen LogP contribution is 2.23. The van der Waals surface area contributed by atoms with Crippen LogP contribution in [0.3, 0.4) is 0 Å². The lowest BCUT2D eigenvalue weighted by Crippen LogP contribution is -2.53. The van der Waals surface area contributed by atoms with Crippen LogP contribution in [-0.4, -0.2) is 34.9 Å². The van der Waals surface area contributed by atoms with Gasteiger partial charge in [0, 0.05) is 22.1 Å². The lowest BCUT2D eigenvalue weighted by molar-refractivity contribution is -0.142. The van der Waals surface area contributed by atoms with Crippen molar-refractivity contribution in [3.63, 3.8) is 0 Å². The van der Waals surface area contributed by atoms with Gasteiger partial charge in [0.15, 0.2) is 6.61 Å². The molecule has 0 fully saturated rings. The molecule has 156 valence electrons. The van der Waals surface area contributed by atoms with Gasteiger partial charge in [-0.2, -0.15) is 0 Å². The zero-order valence-corrected chi connectivity index (χ0v) is 18.6. The molecule has 2 rings (SSSR count). The molecule has 7 heteroatoms. The van der Waals surface area contributed by atoms with Crippen LogP contribution >= 0.6 is 23.2 Å². The number of halogens is 2. The molecule has 0 aliphatic carbocycles. The number of carbonyl (C=O) groups is 2. The van der Waals surface area contributed by atoms with E-state index in [1.165, 1.54) is 4.90 Å². The van der Waals surface area contributed by atoms with E-state index in [4.69, 9.17) is 27.9 Å². The van der Waals surface area contributed by atoms with E-state index in [2.05, 4.69) is 5.32 Å². The predicted octanol–water partition coefficient (Wildman–Crippen LogP) is 4.70. The molecule has 2 aromatic rings. The maximum Gasteiger partial charge on any atom is 0.261 e. The number of nitrogens with zero attached hydrogens (tertiary/aromatic N) is 1. The van der Waals surface area contributed by atoms with Gasteiger partial charge in [0.05, 0.1) is 0 Å². The fraction of sp³-hybridized carbons (Fsp3) is 0.364. The highest BCUT2D eigenvalue weighted by atomic mass is 35.5. The van der Waals surface area contributed by atoms with Gasteiger partial charge in [-0.1, -0.05) is 47.5 Å². The minimum Gasteiger partial charge on any atom is -0.484 e. The Morgan fingerprint density at radius 1 is 1.10 bits per heavy atom. The Labute approximate surface area is 181 Å². The number of hydrogen-bond donors (Lipinski definition) is 1. The highest BCUT2D eigenvalue weighted by molar-refractivity contribution is 6.35. The lowest BCUT2D eigenvalue weighted by atomic mass is 10.1. The fourth-order valence-corrected chi connectivity index (χ4v) is 3.10. The Morgan fingerprint density at radius 2 is 1.76 bits per heavy atom. The summed E-state index contributed by atoms with van der Waals surface area (Å²) in [6, 6.07) is 13.4. The maximum absolute atomic E-state index is 13.0. The van der Waals surface area contributed by atoms with Crippen LogP contribution in [-0.2, 0) is 16.1 Å². The molecule has 1 unspecified atom stereocenters. The number of amides is 2. The minimum atomic E-state index is -0.715. The number of nitrogens with one attached hydrogen (secondary N) is 1. The molecule has 0 bridgehead atoms. The number of carbonyl (C=O) groups excluding carboxylic acids is 2. The third kappa shape index (κ3) is 7.26. The second-order valence-electron chi connectivity index (χ2n) is 7.77. The van der Waals surface area contributed by atoms with Crippen LogP contribution in [0.1, 0.15) is 33.3 Å². The monoisotopic (exact) mass is 436 g/mol. The van der Waals surface area contributed by atoms with Crippen molar-refractivity contribution in [1.82, 2.24) is 10.2 Å². The van der Waals surface area contributed by atoms with Gasteiger partial charge in [0.25, 0.3) is 5.91 Å². The van der Waals surface area contributed by atoms with Crippen molar-refractivity contribution in [3.05, 3.63) is 64.1 Å². The van der Waals surface area contributed by atoms with E-state index in [0.717, 1.165) is 0 Å². The highest BCUT2D eigenvalue weighted by Gasteiger charge is 2.29. The van der Waals surface area contributed by atoms with E-state index >= 15 is 0 Å². The van der Waals surface area contributed by atoms with Crippen molar-refractivity contribution in [3.8, 4) is 5.75 Å². The zero-order chi connectivity index (χ0) is 21.6. The van der Waals surface area contributed by atoms with Crippen molar-refractivity contribution in [2.24, 2.45) is 0 Å². The first-order valence-corrected chi connectivity index (χ1v) is 10.1. The van der Waals surface area contributed by atoms with Crippen molar-refractivity contribution in [2.75, 3.05) is 6.61 Å². The van der Waals surface area contributed by atoms with E-state index in [0.29, 0.717) is 21.4 Å². The zero-order valence-electron chi connectivity index (χ0n) is 17.0. The summed E-state index contributed by atoms with van der Waals surface area (Å²) in [6.07, 6.45) is 0. The summed E-state index contributed by atoms with van der Waals surface area (Å²) in [5.41, 5.74) is 0.276. The van der Waals surface area contributed by atoms with Gasteiger partial charge in [-0.3, -0.25) is 9.59 Å². The molecule has 2 aromatic carbocycles. The summed E-state index contributed by atoms with van der Waals surface area (Å²) in [6.45, 7) is 7.31. The smallest absolute Gasteiger partial charge is 0.261 e. The molecule has 1 N–H and O–H groups in total. The van der Waals surface area contributed by atoms with Crippen LogP contribution in [0.25, 0.3) is 0 Å². The normalized spacial score (nSPS) is 12.2. The Bertz CT molecular complexity index is 851. The standard InChI is InChI=1S/C22H26Cl2N2O3/c1-15(21(28)25-22(2,3)4)26(13-16-10-11-17(23)12-19(16)24)20(27)14-29-18-8-6-5-7-9-18/h5-12,15H,13-14H2,1-4H3,(H,25,28). The Morgan fingerprint density at radius 3 is 2.34 bits per heavy atom. The van der Waals surface area contributed by atoms with Crippen LogP contribution in [0.5, 0.6) is 5.75 Å². The number of rotatable bonds is 7. The van der Waals surface area contributed by atoms with E-state index in [-0.39, 0.29) is 25.0 Å². The molecule has 0 saturated heterocycles. The predicted molar refractivity (Wildman–Crippen MR) is 116 cm³/mol. The fourth-order valence-electron chi connectivity index (χ4n) is 2.63. The van der Waals surface area contributed by atoms with Gasteiger partial charge < -0.3 is 15.0 Å². The van der Waals surface area contributed by atoms with Gasteiger partial charge >= 0.3 is 0 Å². The van der Waals surface area contributed by atoms with Crippen LogP contribution in [0.2, 0.25) is 10.0 Å². The molecular formula is C22H26Cl2N2O3. The van der Waals surface area contributed by atoms with Gasteiger partial charge in [0.2, 0.25) is 5.91 Å². The van der Waals surface area contributed by atoms with Crippen molar-refractivity contribution in [2.45, 2.75) is 45.8 Å². The summed E-state index contributed by atoms with van der Waals surface area (Å²) in [4.78, 5) is 27.1. The second-order valence-corrected chi connectivity index (χ2v) is 8.62. The Hall–Kier alpha value is -2.24. The van der Waals surface area contributed by atoms with E-state index in [9.17, 15) is 9.59 Å². The summed E-state index contributed by atoms with van der Waals surface area (Å²) in [5.74, 6) is 0.00389. The molecule has 0 heterocycles. The van der Waals surface area contributed by atoms with Crippen molar-refractivity contribution >= 4 is 35.0 Å². The van der Waals surface area contributed by atoms with Crippen LogP contribution in [0.15, 0.2) is 48.5 Å². The first-order valence-electron chi connectivity index (χ1n) is 9.30. The molecule has 5 nitrogen and oxygen atoms in total. The Kier molecular flexibility index (Phi) is 7.94. The van der Waals surface area contributed by atoms with Crippen LogP contribution < -0.4 is 10.1 Å². The summed E-state index contributed by atoms with van der Waals surface area (Å²) in [5, 5.41) is 3.85. The minimum absolute atomic E-state index is 0.158. The molecule has 0 aliphatic rings. The molecule has 0 radical (unpaired) electrons. The Balaban J connectivity index is 2.21. The molecule has 0 spiro atoms. The summed E-state index contributed by atoms with van der Waals surface area (Å²) < 4.78 is 5.59. The number of ether oxygens (including phenoxy) is 1. The SMILES string of the molecule is CC(C(=O)NC(C)(C)C)N(Cc1ccc(Cl)cc1Cl)C(=O)COc1ccccc1. The third-order valence-electron chi connectivity index (χ3n) is 4.13. The first-order chi connectivity index (χ1) is 13.6. The van der Waals surface area contributed by atoms with E-state index in [1.54, 1.807) is 37.3 Å². The van der Waals surface area contributed by atoms with Crippen LogP contribution in [0.4, 0.5) is 0 Å². The van der Waals surface area contributed by atoms with Gasteiger partial charge in [-0.05, 0) is 57.5 Å². The van der Waals surface area contributed by atoms with Crippen molar-refractivity contribution in [1.29, 1.82) is 0 Å². The summed E-state index contributed by atoms with van der Waals surface area (Å²) >= 11 is 12.3. The maximum atomic E-state index is 13.0. The molecule has 29 heavy (non-hydrogen) atoms. The summed E-state index contributed by atoms with van der Waals surface area (Å²) in [7, 11) is 0. The molecule has 0 aliphatic heterocycles. The largest absolute Gasteiger partial charge is 0.484 e. The van der Waals surface area contributed by atoms with Gasteiger partial charge in [0.1, 0.15) is 11.8 Å². The average Bonchev–Trinajstić information content (AvgIpc) is 2.64. The molecule has 2 amide bonds. The third-order valence-corrected chi connectivity index (χ3v) is 4.71. The molecular weight excluding hydrogens is 411 g/mol. The second kappa shape index (κ2) is 9.99. The molecule has 0 saturated carbocycles. The van der Waals surface area contributed by atoms with Crippen molar-refractivity contribution < 1.29 is 14.3 Å². The topological polar surface area (TPSA) is 58.6 Å². The quantitative estimate of drug-likeness (QED) is 0.683. The van der Waals surface area contributed by atoms with E-state index in [1.807, 2.05) is 39.0 Å². The average molecular weight is 437 g/mol.